The van der Waals surface area contributed by atoms with Gasteiger partial charge in [-0.1, -0.05) is 37.3 Å². The van der Waals surface area contributed by atoms with Gasteiger partial charge in [0.1, 0.15) is 6.04 Å². The second-order valence-corrected chi connectivity index (χ2v) is 4.62. The Bertz CT molecular complexity index is 367. The van der Waals surface area contributed by atoms with Crippen molar-refractivity contribution in [1.29, 1.82) is 0 Å². The number of ether oxygens (including phenoxy) is 1. The van der Waals surface area contributed by atoms with Gasteiger partial charge in [0.2, 0.25) is 0 Å². The normalized spacial score (nSPS) is 13.8. The number of hydrogen-bond donors (Lipinski definition) is 2. The lowest BCUT2D eigenvalue weighted by molar-refractivity contribution is -0.145. The van der Waals surface area contributed by atoms with Crippen LogP contribution in [0, 0.1) is 5.92 Å². The summed E-state index contributed by atoms with van der Waals surface area (Å²) < 4.78 is 5.10. The van der Waals surface area contributed by atoms with E-state index in [0.29, 0.717) is 19.1 Å². The lowest BCUT2D eigenvalue weighted by Crippen LogP contribution is -2.33. The molecule has 0 spiro atoms. The maximum absolute atomic E-state index is 12.0. The minimum absolute atomic E-state index is 0.165. The van der Waals surface area contributed by atoms with E-state index in [4.69, 9.17) is 9.84 Å². The van der Waals surface area contributed by atoms with E-state index in [1.807, 2.05) is 37.3 Å². The Labute approximate surface area is 114 Å². The molecule has 0 aromatic heterocycles. The fourth-order valence-corrected chi connectivity index (χ4v) is 1.85. The molecule has 0 fully saturated rings. The van der Waals surface area contributed by atoms with Crippen molar-refractivity contribution in [3.05, 3.63) is 35.9 Å². The third-order valence-corrected chi connectivity index (χ3v) is 2.95. The van der Waals surface area contributed by atoms with Crippen LogP contribution in [0.2, 0.25) is 0 Å². The van der Waals surface area contributed by atoms with Crippen LogP contribution < -0.4 is 5.32 Å². The van der Waals surface area contributed by atoms with Crippen molar-refractivity contribution in [2.75, 3.05) is 19.8 Å². The summed E-state index contributed by atoms with van der Waals surface area (Å²) in [5.41, 5.74) is 0.900. The van der Waals surface area contributed by atoms with Crippen LogP contribution in [-0.2, 0) is 9.53 Å². The zero-order chi connectivity index (χ0) is 14.1. The van der Waals surface area contributed by atoms with Gasteiger partial charge in [-0.05, 0) is 31.4 Å². The summed E-state index contributed by atoms with van der Waals surface area (Å²) in [4.78, 5) is 12.0. The van der Waals surface area contributed by atoms with Crippen LogP contribution in [0.5, 0.6) is 0 Å². The Hall–Kier alpha value is -1.39. The summed E-state index contributed by atoms with van der Waals surface area (Å²) in [5, 5.41) is 12.1. The molecule has 1 rings (SSSR count). The van der Waals surface area contributed by atoms with Gasteiger partial charge in [-0.25, -0.2) is 4.79 Å². The van der Waals surface area contributed by atoms with Crippen LogP contribution in [0.4, 0.5) is 0 Å². The van der Waals surface area contributed by atoms with Crippen LogP contribution in [0.15, 0.2) is 30.3 Å². The van der Waals surface area contributed by atoms with E-state index in [2.05, 4.69) is 5.32 Å². The third-order valence-electron chi connectivity index (χ3n) is 2.95. The van der Waals surface area contributed by atoms with E-state index in [0.717, 1.165) is 12.0 Å². The standard InChI is InChI=1S/C15H23NO3/c1-3-19-15(18)14(13-7-5-4-6-8-13)16-11-12(2)9-10-17/h4-8,12,14,16-17H,3,9-11H2,1-2H3. The molecule has 1 aromatic rings. The Morgan fingerprint density at radius 3 is 2.63 bits per heavy atom. The molecule has 0 heterocycles. The van der Waals surface area contributed by atoms with Crippen LogP contribution >= 0.6 is 0 Å². The SMILES string of the molecule is CCOC(=O)C(NCC(C)CCO)c1ccccc1. The van der Waals surface area contributed by atoms with E-state index in [1.165, 1.54) is 0 Å². The second-order valence-electron chi connectivity index (χ2n) is 4.62. The Morgan fingerprint density at radius 1 is 1.37 bits per heavy atom. The van der Waals surface area contributed by atoms with Gasteiger partial charge in [0.25, 0.3) is 0 Å². The zero-order valence-electron chi connectivity index (χ0n) is 11.6. The van der Waals surface area contributed by atoms with Gasteiger partial charge in [0.05, 0.1) is 6.61 Å². The molecule has 1 aromatic carbocycles. The van der Waals surface area contributed by atoms with Crippen LogP contribution in [0.25, 0.3) is 0 Å². The summed E-state index contributed by atoms with van der Waals surface area (Å²) in [6.07, 6.45) is 0.720. The predicted octanol–water partition coefficient (Wildman–Crippen LogP) is 1.90. The Kier molecular flexibility index (Phi) is 7.15. The largest absolute Gasteiger partial charge is 0.465 e. The van der Waals surface area contributed by atoms with Crippen LogP contribution in [-0.4, -0.2) is 30.8 Å². The highest BCUT2D eigenvalue weighted by atomic mass is 16.5. The second kappa shape index (κ2) is 8.67. The van der Waals surface area contributed by atoms with Gasteiger partial charge in [-0.15, -0.1) is 0 Å². The quantitative estimate of drug-likeness (QED) is 0.705. The highest BCUT2D eigenvalue weighted by Gasteiger charge is 2.21. The molecule has 19 heavy (non-hydrogen) atoms. The predicted molar refractivity (Wildman–Crippen MR) is 74.7 cm³/mol. The van der Waals surface area contributed by atoms with Crippen LogP contribution in [0.1, 0.15) is 31.9 Å². The van der Waals surface area contributed by atoms with Gasteiger partial charge >= 0.3 is 5.97 Å². The maximum Gasteiger partial charge on any atom is 0.327 e. The molecule has 2 N–H and O–H groups in total. The molecule has 2 atom stereocenters. The maximum atomic E-state index is 12.0. The first-order valence-corrected chi connectivity index (χ1v) is 6.74. The summed E-state index contributed by atoms with van der Waals surface area (Å²) in [5.74, 6) is 0.0514. The zero-order valence-corrected chi connectivity index (χ0v) is 11.6. The average Bonchev–Trinajstić information content (AvgIpc) is 2.41. The number of rotatable bonds is 8. The van der Waals surface area contributed by atoms with E-state index >= 15 is 0 Å². The summed E-state index contributed by atoms with van der Waals surface area (Å²) in [7, 11) is 0. The number of nitrogens with one attached hydrogen (secondary N) is 1. The lowest BCUT2D eigenvalue weighted by Gasteiger charge is -2.20. The van der Waals surface area contributed by atoms with Crippen molar-refractivity contribution < 1.29 is 14.6 Å². The molecule has 0 aliphatic carbocycles. The van der Waals surface area contributed by atoms with Gasteiger partial charge in [0, 0.05) is 6.61 Å². The van der Waals surface area contributed by atoms with Gasteiger partial charge < -0.3 is 15.2 Å². The number of benzene rings is 1. The van der Waals surface area contributed by atoms with E-state index in [1.54, 1.807) is 6.92 Å². The van der Waals surface area contributed by atoms with E-state index in [9.17, 15) is 4.79 Å². The molecule has 0 bridgehead atoms. The molecule has 4 nitrogen and oxygen atoms in total. The Morgan fingerprint density at radius 2 is 2.05 bits per heavy atom. The first-order valence-electron chi connectivity index (χ1n) is 6.74. The van der Waals surface area contributed by atoms with Gasteiger partial charge in [0.15, 0.2) is 0 Å². The fourth-order valence-electron chi connectivity index (χ4n) is 1.85. The van der Waals surface area contributed by atoms with Crippen LogP contribution in [0.3, 0.4) is 0 Å². The summed E-state index contributed by atoms with van der Waals surface area (Å²) in [6.45, 7) is 5.04. The molecular formula is C15H23NO3. The van der Waals surface area contributed by atoms with Crippen molar-refractivity contribution in [1.82, 2.24) is 5.32 Å². The number of aliphatic hydroxyl groups excluding tert-OH is 1. The smallest absolute Gasteiger partial charge is 0.327 e. The molecule has 106 valence electrons. The number of carbonyl (C=O) groups excluding carboxylic acids is 1. The molecule has 0 radical (unpaired) electrons. The molecule has 0 aliphatic rings. The monoisotopic (exact) mass is 265 g/mol. The molecule has 2 unspecified atom stereocenters. The van der Waals surface area contributed by atoms with Crippen molar-refractivity contribution >= 4 is 5.97 Å². The van der Waals surface area contributed by atoms with Crippen molar-refractivity contribution in [2.45, 2.75) is 26.3 Å². The number of hydrogen-bond acceptors (Lipinski definition) is 4. The Balaban J connectivity index is 2.68. The van der Waals surface area contributed by atoms with Crippen molar-refractivity contribution in [3.63, 3.8) is 0 Å². The van der Waals surface area contributed by atoms with Crippen molar-refractivity contribution in [2.24, 2.45) is 5.92 Å². The van der Waals surface area contributed by atoms with E-state index in [-0.39, 0.29) is 12.6 Å². The molecule has 0 aliphatic heterocycles. The van der Waals surface area contributed by atoms with E-state index < -0.39 is 6.04 Å². The first-order chi connectivity index (χ1) is 9.19. The summed E-state index contributed by atoms with van der Waals surface area (Å²) >= 11 is 0. The minimum Gasteiger partial charge on any atom is -0.465 e. The van der Waals surface area contributed by atoms with Gasteiger partial charge in [-0.3, -0.25) is 0 Å². The number of esters is 1. The fraction of sp³-hybridized carbons (Fsp3) is 0.533. The topological polar surface area (TPSA) is 58.6 Å². The minimum atomic E-state index is -0.442. The number of carbonyl (C=O) groups is 1. The molecule has 0 amide bonds. The average molecular weight is 265 g/mol. The molecule has 0 saturated heterocycles. The number of aliphatic hydroxyl groups is 1. The third kappa shape index (κ3) is 5.41. The van der Waals surface area contributed by atoms with Crippen molar-refractivity contribution in [3.8, 4) is 0 Å². The molecular weight excluding hydrogens is 242 g/mol. The highest BCUT2D eigenvalue weighted by molar-refractivity contribution is 5.77. The van der Waals surface area contributed by atoms with Gasteiger partial charge in [-0.2, -0.15) is 0 Å². The molecule has 0 saturated carbocycles. The summed E-state index contributed by atoms with van der Waals surface area (Å²) in [6, 6.07) is 9.10. The lowest BCUT2D eigenvalue weighted by atomic mass is 10.0. The molecule has 4 heteroatoms. The first kappa shape index (κ1) is 15.7. The highest BCUT2D eigenvalue weighted by Crippen LogP contribution is 2.15.